The molecular weight excluding hydrogens is 365 g/mol. The fourth-order valence-corrected chi connectivity index (χ4v) is 2.38. The normalized spacial score (nSPS) is 11.6. The van der Waals surface area contributed by atoms with Crippen LogP contribution in [-0.4, -0.2) is 41.2 Å². The van der Waals surface area contributed by atoms with Gasteiger partial charge in [0, 0.05) is 32.8 Å². The minimum Gasteiger partial charge on any atom is -0.382 e. The Morgan fingerprint density at radius 3 is 2.46 bits per heavy atom. The van der Waals surface area contributed by atoms with Crippen molar-refractivity contribution in [3.63, 3.8) is 0 Å². The van der Waals surface area contributed by atoms with Crippen LogP contribution in [0.3, 0.4) is 0 Å². The zero-order chi connectivity index (χ0) is 18.2. The summed E-state index contributed by atoms with van der Waals surface area (Å²) >= 11 is 10.8. The summed E-state index contributed by atoms with van der Waals surface area (Å²) in [6, 6.07) is 0. The van der Waals surface area contributed by atoms with Gasteiger partial charge in [-0.1, -0.05) is 11.6 Å². The molecule has 1 heterocycles. The summed E-state index contributed by atoms with van der Waals surface area (Å²) < 4.78 is 44.7. The van der Waals surface area contributed by atoms with Crippen molar-refractivity contribution in [3.05, 3.63) is 16.4 Å². The number of nitrogens with zero attached hydrogens (tertiary/aromatic N) is 2. The second-order valence-electron chi connectivity index (χ2n) is 5.06. The van der Waals surface area contributed by atoms with E-state index < -0.39 is 11.9 Å². The Bertz CT molecular complexity index is 537. The first-order valence-electron chi connectivity index (χ1n) is 7.67. The van der Waals surface area contributed by atoms with Crippen LogP contribution in [0.1, 0.15) is 31.2 Å². The quantitative estimate of drug-likeness (QED) is 0.504. The van der Waals surface area contributed by atoms with E-state index in [9.17, 15) is 13.2 Å². The van der Waals surface area contributed by atoms with Gasteiger partial charge < -0.3 is 15.4 Å². The van der Waals surface area contributed by atoms with Crippen LogP contribution >= 0.6 is 23.8 Å². The molecular formula is C14H22ClF3N4OS. The average Bonchev–Trinajstić information content (AvgIpc) is 2.79. The predicted octanol–water partition coefficient (Wildman–Crippen LogP) is 3.14. The topological polar surface area (TPSA) is 51.1 Å². The highest BCUT2D eigenvalue weighted by molar-refractivity contribution is 7.80. The summed E-state index contributed by atoms with van der Waals surface area (Å²) in [5.74, 6) is 0. The number of aromatic nitrogens is 2. The van der Waals surface area contributed by atoms with Crippen molar-refractivity contribution in [2.75, 3.05) is 26.3 Å². The van der Waals surface area contributed by atoms with E-state index in [1.807, 2.05) is 6.92 Å². The zero-order valence-electron chi connectivity index (χ0n) is 13.7. The summed E-state index contributed by atoms with van der Waals surface area (Å²) in [5.41, 5.74) is -0.735. The van der Waals surface area contributed by atoms with Crippen LogP contribution in [0, 0.1) is 6.92 Å². The molecule has 0 aliphatic rings. The second-order valence-corrected chi connectivity index (χ2v) is 5.84. The van der Waals surface area contributed by atoms with Crippen LogP contribution in [0.25, 0.3) is 0 Å². The Morgan fingerprint density at radius 1 is 1.29 bits per heavy atom. The summed E-state index contributed by atoms with van der Waals surface area (Å²) in [4.78, 5) is 0. The van der Waals surface area contributed by atoms with E-state index >= 15 is 0 Å². The van der Waals surface area contributed by atoms with E-state index in [2.05, 4.69) is 15.7 Å². The highest BCUT2D eigenvalue weighted by Crippen LogP contribution is 2.35. The number of halogens is 4. The van der Waals surface area contributed by atoms with Crippen molar-refractivity contribution in [3.8, 4) is 0 Å². The maximum absolute atomic E-state index is 12.7. The molecule has 0 fully saturated rings. The molecule has 10 heteroatoms. The first kappa shape index (κ1) is 21.0. The summed E-state index contributed by atoms with van der Waals surface area (Å²) in [6.07, 6.45) is -3.13. The summed E-state index contributed by atoms with van der Waals surface area (Å²) in [6.45, 7) is 6.36. The molecule has 0 aliphatic heterocycles. The van der Waals surface area contributed by atoms with Crippen LogP contribution < -0.4 is 10.6 Å². The number of hydrogen-bond acceptors (Lipinski definition) is 3. The van der Waals surface area contributed by atoms with Gasteiger partial charge in [-0.25, -0.2) is 0 Å². The highest BCUT2D eigenvalue weighted by atomic mass is 35.5. The van der Waals surface area contributed by atoms with E-state index in [-0.39, 0.29) is 5.02 Å². The maximum atomic E-state index is 12.7. The average molecular weight is 387 g/mol. The Labute approximate surface area is 149 Å². The number of ether oxygens (including phenoxy) is 1. The standard InChI is InChI=1S/C14H22ClF3N4OS/c1-3-23-9-5-7-20-13(24)19-6-4-8-22-10(2)11(15)12(21-22)14(16,17)18/h3-9H2,1-2H3,(H2,19,20,24). The molecule has 0 aromatic carbocycles. The Morgan fingerprint density at radius 2 is 1.92 bits per heavy atom. The highest BCUT2D eigenvalue weighted by Gasteiger charge is 2.38. The molecule has 5 nitrogen and oxygen atoms in total. The van der Waals surface area contributed by atoms with Crippen LogP contribution in [0.5, 0.6) is 0 Å². The molecule has 0 saturated heterocycles. The van der Waals surface area contributed by atoms with Crippen LogP contribution in [-0.2, 0) is 17.5 Å². The lowest BCUT2D eigenvalue weighted by Crippen LogP contribution is -2.36. The van der Waals surface area contributed by atoms with Gasteiger partial charge in [-0.3, -0.25) is 4.68 Å². The van der Waals surface area contributed by atoms with Crippen molar-refractivity contribution >= 4 is 28.9 Å². The van der Waals surface area contributed by atoms with Crippen LogP contribution in [0.2, 0.25) is 5.02 Å². The van der Waals surface area contributed by atoms with E-state index in [0.29, 0.717) is 50.1 Å². The van der Waals surface area contributed by atoms with Gasteiger partial charge in [0.15, 0.2) is 10.8 Å². The van der Waals surface area contributed by atoms with E-state index in [4.69, 9.17) is 28.6 Å². The number of rotatable bonds is 9. The molecule has 1 rings (SSSR count). The van der Waals surface area contributed by atoms with Gasteiger partial charge in [0.05, 0.1) is 10.7 Å². The fraction of sp³-hybridized carbons (Fsp3) is 0.714. The fourth-order valence-electron chi connectivity index (χ4n) is 1.94. The van der Waals surface area contributed by atoms with Crippen molar-refractivity contribution < 1.29 is 17.9 Å². The molecule has 24 heavy (non-hydrogen) atoms. The number of alkyl halides is 3. The molecule has 0 aliphatic carbocycles. The molecule has 0 saturated carbocycles. The molecule has 0 atom stereocenters. The van der Waals surface area contributed by atoms with Gasteiger partial charge in [-0.2, -0.15) is 18.3 Å². The summed E-state index contributed by atoms with van der Waals surface area (Å²) in [5, 5.41) is 9.74. The Hall–Kier alpha value is -1.06. The van der Waals surface area contributed by atoms with Crippen LogP contribution in [0.4, 0.5) is 13.2 Å². The molecule has 138 valence electrons. The monoisotopic (exact) mass is 386 g/mol. The van der Waals surface area contributed by atoms with Crippen molar-refractivity contribution in [2.24, 2.45) is 0 Å². The minimum absolute atomic E-state index is 0.306. The smallest absolute Gasteiger partial charge is 0.382 e. The number of thiocarbonyl (C=S) groups is 1. The van der Waals surface area contributed by atoms with Gasteiger partial charge in [0.25, 0.3) is 0 Å². The van der Waals surface area contributed by atoms with E-state index in [1.54, 1.807) is 0 Å². The zero-order valence-corrected chi connectivity index (χ0v) is 15.2. The third-order valence-electron chi connectivity index (χ3n) is 3.19. The molecule has 0 radical (unpaired) electrons. The van der Waals surface area contributed by atoms with E-state index in [0.717, 1.165) is 6.42 Å². The second kappa shape index (κ2) is 10.0. The lowest BCUT2D eigenvalue weighted by molar-refractivity contribution is -0.141. The maximum Gasteiger partial charge on any atom is 0.436 e. The van der Waals surface area contributed by atoms with Gasteiger partial charge in [0.1, 0.15) is 0 Å². The number of hydrogen-bond donors (Lipinski definition) is 2. The minimum atomic E-state index is -4.54. The van der Waals surface area contributed by atoms with Gasteiger partial charge in [-0.05, 0) is 38.9 Å². The van der Waals surface area contributed by atoms with Crippen molar-refractivity contribution in [1.82, 2.24) is 20.4 Å². The predicted molar refractivity (Wildman–Crippen MR) is 91.3 cm³/mol. The third-order valence-corrected chi connectivity index (χ3v) is 3.93. The molecule has 0 spiro atoms. The first-order valence-corrected chi connectivity index (χ1v) is 8.45. The molecule has 0 unspecified atom stereocenters. The van der Waals surface area contributed by atoms with Gasteiger partial charge in [-0.15, -0.1) is 0 Å². The lowest BCUT2D eigenvalue weighted by Gasteiger charge is -2.11. The summed E-state index contributed by atoms with van der Waals surface area (Å²) in [7, 11) is 0. The number of nitrogens with one attached hydrogen (secondary N) is 2. The Kier molecular flexibility index (Phi) is 8.79. The third kappa shape index (κ3) is 6.82. The Balaban J connectivity index is 2.29. The molecule has 1 aromatic heterocycles. The molecule has 1 aromatic rings. The lowest BCUT2D eigenvalue weighted by atomic mass is 10.3. The number of aryl methyl sites for hydroxylation is 1. The molecule has 0 bridgehead atoms. The van der Waals surface area contributed by atoms with Crippen molar-refractivity contribution in [1.29, 1.82) is 0 Å². The first-order chi connectivity index (χ1) is 11.3. The van der Waals surface area contributed by atoms with Gasteiger partial charge in [0.2, 0.25) is 0 Å². The van der Waals surface area contributed by atoms with Crippen LogP contribution in [0.15, 0.2) is 0 Å². The van der Waals surface area contributed by atoms with Crippen molar-refractivity contribution in [2.45, 2.75) is 39.4 Å². The van der Waals surface area contributed by atoms with E-state index in [1.165, 1.54) is 11.6 Å². The SMILES string of the molecule is CCOCCCNC(=S)NCCCn1nc(C(F)(F)F)c(Cl)c1C. The van der Waals surface area contributed by atoms with Gasteiger partial charge >= 0.3 is 6.18 Å². The molecule has 0 amide bonds. The largest absolute Gasteiger partial charge is 0.436 e. The molecule has 2 N–H and O–H groups in total.